The third-order valence-corrected chi connectivity index (χ3v) is 6.83. The minimum atomic E-state index is -4.16. The van der Waals surface area contributed by atoms with E-state index in [0.717, 1.165) is 9.87 Å². The average molecular weight is 455 g/mol. The Morgan fingerprint density at radius 3 is 2.44 bits per heavy atom. The van der Waals surface area contributed by atoms with Gasteiger partial charge in [0.2, 0.25) is 11.8 Å². The Kier molecular flexibility index (Phi) is 7.42. The van der Waals surface area contributed by atoms with Crippen LogP contribution in [0.4, 0.5) is 5.69 Å². The predicted octanol–water partition coefficient (Wildman–Crippen LogP) is 3.08. The highest BCUT2D eigenvalue weighted by Crippen LogP contribution is 2.28. The second-order valence-corrected chi connectivity index (χ2v) is 8.84. The van der Waals surface area contributed by atoms with Crippen molar-refractivity contribution in [2.45, 2.75) is 37.9 Å². The first-order chi connectivity index (χ1) is 15.4. The van der Waals surface area contributed by atoms with Crippen LogP contribution in [0, 0.1) is 6.92 Å². The van der Waals surface area contributed by atoms with E-state index in [-0.39, 0.29) is 23.7 Å². The maximum absolute atomic E-state index is 13.7. The van der Waals surface area contributed by atoms with Crippen LogP contribution in [-0.4, -0.2) is 37.4 Å². The molecule has 2 aromatic heterocycles. The Morgan fingerprint density at radius 2 is 1.84 bits per heavy atom. The highest BCUT2D eigenvalue weighted by molar-refractivity contribution is 7.92. The zero-order chi connectivity index (χ0) is 23.1. The summed E-state index contributed by atoms with van der Waals surface area (Å²) in [4.78, 5) is 21.4. The number of amides is 1. The molecule has 0 saturated carbocycles. The molecule has 0 aliphatic carbocycles. The summed E-state index contributed by atoms with van der Waals surface area (Å²) in [5.74, 6) is -0.0778. The van der Waals surface area contributed by atoms with Gasteiger partial charge in [-0.25, -0.2) is 9.97 Å². The number of methoxy groups -OCH3 is 1. The van der Waals surface area contributed by atoms with Crippen LogP contribution in [0.15, 0.2) is 72.0 Å². The van der Waals surface area contributed by atoms with Crippen LogP contribution in [0.3, 0.4) is 0 Å². The molecule has 0 fully saturated rings. The fourth-order valence-electron chi connectivity index (χ4n) is 3.30. The molecular formula is C23H26N4O4S. The van der Waals surface area contributed by atoms with Crippen LogP contribution >= 0.6 is 0 Å². The number of benzene rings is 1. The summed E-state index contributed by atoms with van der Waals surface area (Å²) in [5.41, 5.74) is 1.65. The number of anilines is 1. The van der Waals surface area contributed by atoms with Crippen LogP contribution in [-0.2, 0) is 21.4 Å². The van der Waals surface area contributed by atoms with Crippen LogP contribution in [0.5, 0.6) is 5.88 Å². The van der Waals surface area contributed by atoms with E-state index in [0.29, 0.717) is 11.4 Å². The van der Waals surface area contributed by atoms with Gasteiger partial charge in [0.15, 0.2) is 5.03 Å². The molecule has 1 atom stereocenters. The van der Waals surface area contributed by atoms with E-state index >= 15 is 0 Å². The third-order valence-electron chi connectivity index (χ3n) is 4.93. The van der Waals surface area contributed by atoms with Gasteiger partial charge in [0.1, 0.15) is 6.04 Å². The number of rotatable bonds is 9. The number of nitrogens with zero attached hydrogens (tertiary/aromatic N) is 3. The fourth-order valence-corrected chi connectivity index (χ4v) is 5.13. The van der Waals surface area contributed by atoms with Crippen LogP contribution in [0.25, 0.3) is 0 Å². The van der Waals surface area contributed by atoms with E-state index < -0.39 is 22.0 Å². The summed E-state index contributed by atoms with van der Waals surface area (Å²) in [5, 5.41) is 2.74. The molecule has 3 rings (SSSR count). The molecular weight excluding hydrogens is 428 g/mol. The van der Waals surface area contributed by atoms with Crippen LogP contribution < -0.4 is 14.4 Å². The monoisotopic (exact) mass is 454 g/mol. The van der Waals surface area contributed by atoms with Gasteiger partial charge in [-0.1, -0.05) is 43.3 Å². The van der Waals surface area contributed by atoms with Crippen molar-refractivity contribution in [2.24, 2.45) is 0 Å². The Morgan fingerprint density at radius 1 is 1.09 bits per heavy atom. The molecule has 3 aromatic rings. The maximum atomic E-state index is 13.7. The molecule has 0 aliphatic heterocycles. The lowest BCUT2D eigenvalue weighted by Crippen LogP contribution is -2.49. The van der Waals surface area contributed by atoms with Gasteiger partial charge < -0.3 is 10.1 Å². The Hall–Kier alpha value is -3.46. The van der Waals surface area contributed by atoms with Gasteiger partial charge in [-0.3, -0.25) is 9.10 Å². The molecule has 2 heterocycles. The van der Waals surface area contributed by atoms with E-state index in [1.54, 1.807) is 38.1 Å². The van der Waals surface area contributed by atoms with E-state index in [9.17, 15) is 13.2 Å². The number of pyridine rings is 2. The summed E-state index contributed by atoms with van der Waals surface area (Å²) < 4.78 is 33.6. The van der Waals surface area contributed by atoms with Crippen molar-refractivity contribution in [3.8, 4) is 5.88 Å². The number of nitrogens with one attached hydrogen (secondary N) is 1. The largest absolute Gasteiger partial charge is 0.481 e. The van der Waals surface area contributed by atoms with Crippen LogP contribution in [0.2, 0.25) is 0 Å². The summed E-state index contributed by atoms with van der Waals surface area (Å²) in [7, 11) is -2.69. The highest BCUT2D eigenvalue weighted by Gasteiger charge is 2.37. The van der Waals surface area contributed by atoms with Gasteiger partial charge in [0, 0.05) is 18.8 Å². The lowest BCUT2D eigenvalue weighted by atomic mass is 10.2. The van der Waals surface area contributed by atoms with E-state index in [2.05, 4.69) is 15.3 Å². The lowest BCUT2D eigenvalue weighted by Gasteiger charge is -2.31. The topological polar surface area (TPSA) is 101 Å². The van der Waals surface area contributed by atoms with Crippen LogP contribution in [0.1, 0.15) is 24.5 Å². The number of ether oxygens (including phenoxy) is 1. The SMILES string of the molecule is CCC(C(=O)NCc1ccccc1)N(c1ccc(OC)nc1)S(=O)(=O)c1ncccc1C. The minimum absolute atomic E-state index is 0.106. The summed E-state index contributed by atoms with van der Waals surface area (Å²) >= 11 is 0. The Balaban J connectivity index is 2.01. The Labute approximate surface area is 188 Å². The van der Waals surface area contributed by atoms with Gasteiger partial charge in [-0.15, -0.1) is 0 Å². The first-order valence-electron chi connectivity index (χ1n) is 10.2. The van der Waals surface area contributed by atoms with Gasteiger partial charge in [-0.05, 0) is 36.6 Å². The van der Waals surface area contributed by atoms with Crippen molar-refractivity contribution in [1.82, 2.24) is 15.3 Å². The first kappa shape index (κ1) is 23.2. The number of carbonyl (C=O) groups is 1. The molecule has 0 bridgehead atoms. The molecule has 0 radical (unpaired) electrons. The number of hydrogen-bond acceptors (Lipinski definition) is 6. The average Bonchev–Trinajstić information content (AvgIpc) is 2.81. The summed E-state index contributed by atoms with van der Waals surface area (Å²) in [6.45, 7) is 3.71. The number of aryl methyl sites for hydroxylation is 1. The molecule has 32 heavy (non-hydrogen) atoms. The smallest absolute Gasteiger partial charge is 0.282 e. The molecule has 8 nitrogen and oxygen atoms in total. The van der Waals surface area contributed by atoms with Gasteiger partial charge in [0.05, 0.1) is 19.0 Å². The number of hydrogen-bond donors (Lipinski definition) is 1. The molecule has 1 N–H and O–H groups in total. The quantitative estimate of drug-likeness (QED) is 0.533. The first-order valence-corrected chi connectivity index (χ1v) is 11.6. The third kappa shape index (κ3) is 5.05. The molecule has 1 aromatic carbocycles. The molecule has 1 unspecified atom stereocenters. The van der Waals surface area contributed by atoms with Crippen molar-refractivity contribution in [3.05, 3.63) is 78.1 Å². The fraction of sp³-hybridized carbons (Fsp3) is 0.261. The van der Waals surface area contributed by atoms with Gasteiger partial charge >= 0.3 is 0 Å². The molecule has 0 aliphatic rings. The minimum Gasteiger partial charge on any atom is -0.481 e. The molecule has 0 spiro atoms. The lowest BCUT2D eigenvalue weighted by molar-refractivity contribution is -0.122. The molecule has 1 amide bonds. The normalized spacial score (nSPS) is 12.1. The maximum Gasteiger partial charge on any atom is 0.282 e. The summed E-state index contributed by atoms with van der Waals surface area (Å²) in [6.07, 6.45) is 3.04. The second kappa shape index (κ2) is 10.2. The van der Waals surface area contributed by atoms with E-state index in [1.807, 2.05) is 30.3 Å². The molecule has 9 heteroatoms. The Bertz CT molecular complexity index is 1150. The zero-order valence-electron chi connectivity index (χ0n) is 18.2. The summed E-state index contributed by atoms with van der Waals surface area (Å²) in [6, 6.07) is 14.9. The van der Waals surface area contributed by atoms with E-state index in [1.165, 1.54) is 19.5 Å². The van der Waals surface area contributed by atoms with Crippen molar-refractivity contribution in [2.75, 3.05) is 11.4 Å². The van der Waals surface area contributed by atoms with Crippen molar-refractivity contribution in [3.63, 3.8) is 0 Å². The number of sulfonamides is 1. The predicted molar refractivity (Wildman–Crippen MR) is 122 cm³/mol. The van der Waals surface area contributed by atoms with Crippen molar-refractivity contribution >= 4 is 21.6 Å². The number of aromatic nitrogens is 2. The number of carbonyl (C=O) groups excluding carboxylic acids is 1. The van der Waals surface area contributed by atoms with Gasteiger partial charge in [-0.2, -0.15) is 8.42 Å². The van der Waals surface area contributed by atoms with Gasteiger partial charge in [0.25, 0.3) is 10.0 Å². The second-order valence-electron chi connectivity index (χ2n) is 7.11. The van der Waals surface area contributed by atoms with Crippen molar-refractivity contribution < 1.29 is 17.9 Å². The standard InChI is InChI=1S/C23H26N4O4S/c1-4-20(22(28)26-15-18-10-6-5-7-11-18)27(19-12-13-21(31-3)25-16-19)32(29,30)23-17(2)9-8-14-24-23/h5-14,16,20H,4,15H2,1-3H3,(H,26,28). The zero-order valence-corrected chi connectivity index (χ0v) is 19.0. The van der Waals surface area contributed by atoms with Crippen molar-refractivity contribution in [1.29, 1.82) is 0 Å². The molecule has 168 valence electrons. The molecule has 0 saturated heterocycles. The highest BCUT2D eigenvalue weighted by atomic mass is 32.2. The van der Waals surface area contributed by atoms with E-state index in [4.69, 9.17) is 4.74 Å².